The first-order valence-corrected chi connectivity index (χ1v) is 23.4. The lowest BCUT2D eigenvalue weighted by molar-refractivity contribution is -0.161. The number of carbonyl (C=O) groups excluding carboxylic acids is 2. The summed E-state index contributed by atoms with van der Waals surface area (Å²) in [5, 5.41) is 0. The van der Waals surface area contributed by atoms with E-state index in [9.17, 15) is 14.2 Å². The van der Waals surface area contributed by atoms with Crippen molar-refractivity contribution in [1.29, 1.82) is 0 Å². The third-order valence-corrected chi connectivity index (χ3v) is 9.40. The standard InChI is InChI=1S/C47H79O8P/c1-3-5-7-9-11-13-15-17-19-21-23-25-27-29-31-33-35-37-39-41-46(48)53-43-45(44-54-56(50,51)52)55-47(49)42-40-38-36-34-32-30-28-26-24-22-20-18-16-14-12-10-8-6-4-2/h5,7,11,13,17-20,23,25,29,31,35,37,45H,3-4,6,8-10,12,14-16,21-22,24,26-28,30,32-34,36,38-44H2,1-2H3,(H2,50,51,52)/b7-5-,13-11-,19-17-,20-18-,25-23-,31-29-,37-35-/t45-/m1/s1. The van der Waals surface area contributed by atoms with Crippen molar-refractivity contribution < 1.29 is 37.9 Å². The monoisotopic (exact) mass is 803 g/mol. The number of hydrogen-bond acceptors (Lipinski definition) is 6. The van der Waals surface area contributed by atoms with Gasteiger partial charge in [0.2, 0.25) is 0 Å². The van der Waals surface area contributed by atoms with Crippen LogP contribution in [0.2, 0.25) is 0 Å². The van der Waals surface area contributed by atoms with Crippen LogP contribution in [0.5, 0.6) is 0 Å². The molecule has 0 aliphatic carbocycles. The first-order chi connectivity index (χ1) is 27.3. The molecular weight excluding hydrogens is 723 g/mol. The zero-order chi connectivity index (χ0) is 41.1. The Morgan fingerprint density at radius 1 is 0.482 bits per heavy atom. The third-order valence-electron chi connectivity index (χ3n) is 8.91. The topological polar surface area (TPSA) is 119 Å². The normalized spacial score (nSPS) is 13.3. The van der Waals surface area contributed by atoms with E-state index in [-0.39, 0.29) is 19.4 Å². The van der Waals surface area contributed by atoms with Gasteiger partial charge in [-0.2, -0.15) is 0 Å². The van der Waals surface area contributed by atoms with Crippen LogP contribution in [-0.4, -0.2) is 41.0 Å². The Morgan fingerprint density at radius 3 is 1.36 bits per heavy atom. The molecule has 1 atom stereocenters. The number of carbonyl (C=O) groups is 2. The number of phosphoric ester groups is 1. The van der Waals surface area contributed by atoms with E-state index in [1.165, 1.54) is 83.5 Å². The summed E-state index contributed by atoms with van der Waals surface area (Å²) in [7, 11) is -4.78. The summed E-state index contributed by atoms with van der Waals surface area (Å²) in [5.74, 6) is -0.989. The van der Waals surface area contributed by atoms with Gasteiger partial charge in [-0.05, 0) is 77.0 Å². The maximum Gasteiger partial charge on any atom is 0.469 e. The molecule has 0 unspecified atom stereocenters. The van der Waals surface area contributed by atoms with Crippen molar-refractivity contribution in [2.45, 2.75) is 187 Å². The highest BCUT2D eigenvalue weighted by Gasteiger charge is 2.22. The predicted octanol–water partition coefficient (Wildman–Crippen LogP) is 13.6. The molecule has 0 aliphatic rings. The smallest absolute Gasteiger partial charge is 0.462 e. The Morgan fingerprint density at radius 2 is 0.893 bits per heavy atom. The molecule has 320 valence electrons. The average Bonchev–Trinajstić information content (AvgIpc) is 3.17. The van der Waals surface area contributed by atoms with E-state index >= 15 is 0 Å². The maximum absolute atomic E-state index is 12.4. The summed E-state index contributed by atoms with van der Waals surface area (Å²) < 4.78 is 26.3. The van der Waals surface area contributed by atoms with Crippen molar-refractivity contribution in [2.75, 3.05) is 13.2 Å². The van der Waals surface area contributed by atoms with E-state index in [1.54, 1.807) is 0 Å². The zero-order valence-corrected chi connectivity index (χ0v) is 36.1. The number of allylic oxidation sites excluding steroid dienone is 14. The molecule has 0 aromatic carbocycles. The van der Waals surface area contributed by atoms with Crippen molar-refractivity contribution in [2.24, 2.45) is 0 Å². The molecular formula is C47H79O8P. The summed E-state index contributed by atoms with van der Waals surface area (Å²) in [5.41, 5.74) is 0. The molecule has 8 nitrogen and oxygen atoms in total. The lowest BCUT2D eigenvalue weighted by atomic mass is 10.1. The second-order valence-corrected chi connectivity index (χ2v) is 15.5. The van der Waals surface area contributed by atoms with Gasteiger partial charge in [0.15, 0.2) is 6.10 Å². The number of unbranched alkanes of at least 4 members (excludes halogenated alkanes) is 15. The molecule has 0 aromatic heterocycles. The summed E-state index contributed by atoms with van der Waals surface area (Å²) in [6, 6.07) is 0. The second kappa shape index (κ2) is 41.9. The van der Waals surface area contributed by atoms with Crippen molar-refractivity contribution in [3.05, 3.63) is 85.1 Å². The lowest BCUT2D eigenvalue weighted by Crippen LogP contribution is -2.29. The summed E-state index contributed by atoms with van der Waals surface area (Å²) in [4.78, 5) is 42.9. The molecule has 0 radical (unpaired) electrons. The van der Waals surface area contributed by atoms with Gasteiger partial charge in [0.05, 0.1) is 6.61 Å². The number of ether oxygens (including phenoxy) is 2. The van der Waals surface area contributed by atoms with Crippen LogP contribution in [-0.2, 0) is 28.2 Å². The van der Waals surface area contributed by atoms with Crippen LogP contribution in [0.15, 0.2) is 85.1 Å². The van der Waals surface area contributed by atoms with Crippen LogP contribution in [0.3, 0.4) is 0 Å². The van der Waals surface area contributed by atoms with E-state index in [4.69, 9.17) is 19.3 Å². The first kappa shape index (κ1) is 53.2. The molecule has 56 heavy (non-hydrogen) atoms. The average molecular weight is 803 g/mol. The van der Waals surface area contributed by atoms with Gasteiger partial charge in [-0.1, -0.05) is 176 Å². The highest BCUT2D eigenvalue weighted by atomic mass is 31.2. The van der Waals surface area contributed by atoms with E-state index < -0.39 is 32.5 Å². The van der Waals surface area contributed by atoms with Crippen molar-refractivity contribution in [3.63, 3.8) is 0 Å². The summed E-state index contributed by atoms with van der Waals surface area (Å²) in [6.07, 6.45) is 56.0. The van der Waals surface area contributed by atoms with Crippen molar-refractivity contribution in [1.82, 2.24) is 0 Å². The Kier molecular flexibility index (Phi) is 39.8. The van der Waals surface area contributed by atoms with Gasteiger partial charge in [0, 0.05) is 12.8 Å². The Balaban J connectivity index is 4.03. The quantitative estimate of drug-likeness (QED) is 0.0273. The summed E-state index contributed by atoms with van der Waals surface area (Å²) in [6.45, 7) is 3.50. The van der Waals surface area contributed by atoms with Crippen LogP contribution in [0, 0.1) is 0 Å². The molecule has 9 heteroatoms. The van der Waals surface area contributed by atoms with Gasteiger partial charge in [0.25, 0.3) is 0 Å². The summed E-state index contributed by atoms with van der Waals surface area (Å²) >= 11 is 0. The van der Waals surface area contributed by atoms with Crippen LogP contribution in [0.25, 0.3) is 0 Å². The van der Waals surface area contributed by atoms with Crippen LogP contribution in [0.4, 0.5) is 0 Å². The molecule has 0 aliphatic heterocycles. The number of hydrogen-bond donors (Lipinski definition) is 2. The van der Waals surface area contributed by atoms with Crippen molar-refractivity contribution >= 4 is 19.8 Å². The fraction of sp³-hybridized carbons (Fsp3) is 0.660. The highest BCUT2D eigenvalue weighted by Crippen LogP contribution is 2.36. The molecule has 0 saturated carbocycles. The van der Waals surface area contributed by atoms with Gasteiger partial charge in [0.1, 0.15) is 6.61 Å². The molecule has 0 amide bonds. The third kappa shape index (κ3) is 44.0. The van der Waals surface area contributed by atoms with Gasteiger partial charge in [-0.3, -0.25) is 14.1 Å². The minimum Gasteiger partial charge on any atom is -0.462 e. The Labute approximate surface area is 342 Å². The molecule has 0 saturated heterocycles. The molecule has 0 heterocycles. The van der Waals surface area contributed by atoms with Gasteiger partial charge in [-0.15, -0.1) is 0 Å². The molecule has 0 fully saturated rings. The first-order valence-electron chi connectivity index (χ1n) is 21.9. The molecule has 0 spiro atoms. The number of esters is 2. The molecule has 0 aromatic rings. The van der Waals surface area contributed by atoms with E-state index in [0.717, 1.165) is 57.8 Å². The largest absolute Gasteiger partial charge is 0.469 e. The van der Waals surface area contributed by atoms with Gasteiger partial charge >= 0.3 is 19.8 Å². The molecule has 0 rings (SSSR count). The zero-order valence-electron chi connectivity index (χ0n) is 35.3. The number of phosphoric acid groups is 1. The molecule has 0 bridgehead atoms. The number of rotatable bonds is 39. The second-order valence-electron chi connectivity index (χ2n) is 14.3. The van der Waals surface area contributed by atoms with E-state index in [1.807, 2.05) is 12.2 Å². The van der Waals surface area contributed by atoms with Crippen LogP contribution in [0.1, 0.15) is 181 Å². The maximum atomic E-state index is 12.4. The van der Waals surface area contributed by atoms with E-state index in [2.05, 4.69) is 91.3 Å². The predicted molar refractivity (Wildman–Crippen MR) is 234 cm³/mol. The van der Waals surface area contributed by atoms with Crippen molar-refractivity contribution in [3.8, 4) is 0 Å². The minimum absolute atomic E-state index is 0.138. The minimum atomic E-state index is -4.78. The van der Waals surface area contributed by atoms with E-state index in [0.29, 0.717) is 12.8 Å². The van der Waals surface area contributed by atoms with Crippen LogP contribution >= 0.6 is 7.82 Å². The highest BCUT2D eigenvalue weighted by molar-refractivity contribution is 7.46. The van der Waals surface area contributed by atoms with Crippen LogP contribution < -0.4 is 0 Å². The van der Waals surface area contributed by atoms with Gasteiger partial charge in [-0.25, -0.2) is 4.57 Å². The fourth-order valence-corrected chi connectivity index (χ4v) is 6.05. The SMILES string of the molecule is CC/C=C\C/C=C\C/C=C\C/C=C\C/C=C\C/C=C\CCC(=O)OC[C@H](COP(=O)(O)O)OC(=O)CCCCCCCCCCC/C=C\CCCCCCCC. The van der Waals surface area contributed by atoms with Gasteiger partial charge < -0.3 is 19.3 Å². The molecule has 2 N–H and O–H groups in total. The Bertz CT molecular complexity index is 1180. The fourth-order valence-electron chi connectivity index (χ4n) is 5.69. The Hall–Kier alpha value is -2.77. The lowest BCUT2D eigenvalue weighted by Gasteiger charge is -2.18.